The lowest BCUT2D eigenvalue weighted by Gasteiger charge is -2.38. The standard InChI is InChI=1S/C23H31FN4O/c1-18(23(29)25-17-22(26(2)3)19-7-5-4-6-8-19)27-13-15-28(16-14-27)21-11-9-20(24)10-12-21/h4-12,18,22H,13-17H2,1-3H3,(H,25,29). The average molecular weight is 399 g/mol. The van der Waals surface area contributed by atoms with E-state index in [0.717, 1.165) is 31.9 Å². The number of halogens is 1. The first-order valence-electron chi connectivity index (χ1n) is 10.2. The Balaban J connectivity index is 1.50. The molecule has 0 bridgehead atoms. The van der Waals surface area contributed by atoms with E-state index in [1.807, 2.05) is 51.4 Å². The van der Waals surface area contributed by atoms with Gasteiger partial charge in [-0.15, -0.1) is 0 Å². The van der Waals surface area contributed by atoms with E-state index in [0.29, 0.717) is 6.54 Å². The largest absolute Gasteiger partial charge is 0.369 e. The van der Waals surface area contributed by atoms with E-state index in [1.165, 1.54) is 17.7 Å². The normalized spacial score (nSPS) is 17.2. The number of nitrogens with zero attached hydrogens (tertiary/aromatic N) is 3. The van der Waals surface area contributed by atoms with Crippen LogP contribution >= 0.6 is 0 Å². The second kappa shape index (κ2) is 9.85. The van der Waals surface area contributed by atoms with Gasteiger partial charge in [-0.25, -0.2) is 4.39 Å². The number of hydrogen-bond acceptors (Lipinski definition) is 4. The van der Waals surface area contributed by atoms with Gasteiger partial charge in [0, 0.05) is 38.4 Å². The predicted octanol–water partition coefficient (Wildman–Crippen LogP) is 2.76. The third-order valence-corrected chi connectivity index (χ3v) is 5.71. The smallest absolute Gasteiger partial charge is 0.237 e. The van der Waals surface area contributed by atoms with Gasteiger partial charge in [-0.05, 0) is 50.8 Å². The minimum absolute atomic E-state index is 0.0583. The van der Waals surface area contributed by atoms with Crippen molar-refractivity contribution >= 4 is 11.6 Å². The second-order valence-electron chi connectivity index (χ2n) is 7.81. The number of benzene rings is 2. The van der Waals surface area contributed by atoms with Crippen LogP contribution in [0, 0.1) is 5.82 Å². The van der Waals surface area contributed by atoms with E-state index < -0.39 is 0 Å². The van der Waals surface area contributed by atoms with Crippen molar-refractivity contribution in [3.8, 4) is 0 Å². The van der Waals surface area contributed by atoms with Gasteiger partial charge >= 0.3 is 0 Å². The Hall–Kier alpha value is -2.44. The third kappa shape index (κ3) is 5.55. The first-order chi connectivity index (χ1) is 14.0. The Bertz CT molecular complexity index is 773. The molecular weight excluding hydrogens is 367 g/mol. The summed E-state index contributed by atoms with van der Waals surface area (Å²) in [7, 11) is 4.06. The van der Waals surface area contributed by atoms with Gasteiger partial charge < -0.3 is 15.1 Å². The van der Waals surface area contributed by atoms with E-state index >= 15 is 0 Å². The van der Waals surface area contributed by atoms with Gasteiger partial charge in [-0.2, -0.15) is 0 Å². The Morgan fingerprint density at radius 3 is 2.24 bits per heavy atom. The van der Waals surface area contributed by atoms with Gasteiger partial charge in [0.2, 0.25) is 5.91 Å². The molecule has 1 fully saturated rings. The molecule has 1 saturated heterocycles. The fourth-order valence-electron chi connectivity index (χ4n) is 3.80. The molecule has 0 saturated carbocycles. The number of amides is 1. The molecule has 2 unspecified atom stereocenters. The molecule has 0 aromatic heterocycles. The Kier molecular flexibility index (Phi) is 7.23. The molecule has 1 N–H and O–H groups in total. The Morgan fingerprint density at radius 2 is 1.66 bits per heavy atom. The van der Waals surface area contributed by atoms with Crippen molar-refractivity contribution in [1.82, 2.24) is 15.1 Å². The number of carbonyl (C=O) groups is 1. The molecule has 5 nitrogen and oxygen atoms in total. The topological polar surface area (TPSA) is 38.8 Å². The molecule has 1 heterocycles. The van der Waals surface area contributed by atoms with Crippen molar-refractivity contribution in [2.45, 2.75) is 19.0 Å². The van der Waals surface area contributed by atoms with Crippen LogP contribution in [0.25, 0.3) is 0 Å². The van der Waals surface area contributed by atoms with Crippen LogP contribution in [-0.2, 0) is 4.79 Å². The lowest BCUT2D eigenvalue weighted by molar-refractivity contribution is -0.126. The molecule has 1 aliphatic heterocycles. The molecule has 2 atom stereocenters. The Morgan fingerprint density at radius 1 is 1.03 bits per heavy atom. The molecule has 3 rings (SSSR count). The molecule has 0 radical (unpaired) electrons. The van der Waals surface area contributed by atoms with Crippen LogP contribution in [-0.4, -0.2) is 68.6 Å². The summed E-state index contributed by atoms with van der Waals surface area (Å²) in [6.45, 7) is 5.82. The summed E-state index contributed by atoms with van der Waals surface area (Å²) in [4.78, 5) is 19.3. The van der Waals surface area contributed by atoms with Crippen molar-refractivity contribution in [2.24, 2.45) is 0 Å². The van der Waals surface area contributed by atoms with Crippen molar-refractivity contribution < 1.29 is 9.18 Å². The highest BCUT2D eigenvalue weighted by atomic mass is 19.1. The summed E-state index contributed by atoms with van der Waals surface area (Å²) >= 11 is 0. The number of likely N-dealkylation sites (N-methyl/N-ethyl adjacent to an activating group) is 1. The molecular formula is C23H31FN4O. The fraction of sp³-hybridized carbons (Fsp3) is 0.435. The van der Waals surface area contributed by atoms with Crippen molar-refractivity contribution in [1.29, 1.82) is 0 Å². The van der Waals surface area contributed by atoms with Crippen LogP contribution in [0.2, 0.25) is 0 Å². The van der Waals surface area contributed by atoms with Gasteiger partial charge in [0.25, 0.3) is 0 Å². The summed E-state index contributed by atoms with van der Waals surface area (Å²) in [6, 6.07) is 16.8. The number of hydrogen-bond donors (Lipinski definition) is 1. The van der Waals surface area contributed by atoms with Crippen LogP contribution < -0.4 is 10.2 Å². The maximum absolute atomic E-state index is 13.1. The van der Waals surface area contributed by atoms with Gasteiger partial charge in [-0.1, -0.05) is 30.3 Å². The highest BCUT2D eigenvalue weighted by Gasteiger charge is 2.26. The molecule has 1 amide bonds. The molecule has 156 valence electrons. The molecule has 0 aliphatic carbocycles. The second-order valence-corrected chi connectivity index (χ2v) is 7.81. The summed E-state index contributed by atoms with van der Waals surface area (Å²) in [5, 5.41) is 3.13. The Labute approximate surface area is 173 Å². The summed E-state index contributed by atoms with van der Waals surface area (Å²) in [6.07, 6.45) is 0. The third-order valence-electron chi connectivity index (χ3n) is 5.71. The number of nitrogens with one attached hydrogen (secondary N) is 1. The number of anilines is 1. The highest BCUT2D eigenvalue weighted by Crippen LogP contribution is 2.19. The lowest BCUT2D eigenvalue weighted by atomic mass is 10.1. The molecule has 6 heteroatoms. The van der Waals surface area contributed by atoms with Gasteiger partial charge in [-0.3, -0.25) is 9.69 Å². The quantitative estimate of drug-likeness (QED) is 0.779. The predicted molar refractivity (Wildman–Crippen MR) is 116 cm³/mol. The molecule has 2 aromatic rings. The monoisotopic (exact) mass is 398 g/mol. The maximum atomic E-state index is 13.1. The zero-order valence-corrected chi connectivity index (χ0v) is 17.5. The number of carbonyl (C=O) groups excluding carboxylic acids is 1. The van der Waals surface area contributed by atoms with Crippen LogP contribution in [0.1, 0.15) is 18.5 Å². The molecule has 2 aromatic carbocycles. The minimum Gasteiger partial charge on any atom is -0.369 e. The summed E-state index contributed by atoms with van der Waals surface area (Å²) in [5.74, 6) is -0.160. The number of rotatable bonds is 7. The SMILES string of the molecule is CC(C(=O)NCC(c1ccccc1)N(C)C)N1CCN(c2ccc(F)cc2)CC1. The fourth-order valence-corrected chi connectivity index (χ4v) is 3.80. The van der Waals surface area contributed by atoms with Crippen molar-refractivity contribution in [3.05, 3.63) is 66.0 Å². The van der Waals surface area contributed by atoms with E-state index in [1.54, 1.807) is 0 Å². The zero-order valence-electron chi connectivity index (χ0n) is 17.5. The van der Waals surface area contributed by atoms with Crippen LogP contribution in [0.3, 0.4) is 0 Å². The van der Waals surface area contributed by atoms with Gasteiger partial charge in [0.15, 0.2) is 0 Å². The molecule has 1 aliphatic rings. The summed E-state index contributed by atoms with van der Waals surface area (Å²) < 4.78 is 13.1. The minimum atomic E-state index is -0.218. The van der Waals surface area contributed by atoms with Crippen LogP contribution in [0.5, 0.6) is 0 Å². The highest BCUT2D eigenvalue weighted by molar-refractivity contribution is 5.81. The maximum Gasteiger partial charge on any atom is 0.237 e. The van der Waals surface area contributed by atoms with E-state index in [9.17, 15) is 9.18 Å². The van der Waals surface area contributed by atoms with Gasteiger partial charge in [0.05, 0.1) is 12.1 Å². The summed E-state index contributed by atoms with van der Waals surface area (Å²) in [5.41, 5.74) is 2.22. The van der Waals surface area contributed by atoms with E-state index in [-0.39, 0.29) is 23.8 Å². The van der Waals surface area contributed by atoms with Crippen molar-refractivity contribution in [3.63, 3.8) is 0 Å². The van der Waals surface area contributed by atoms with Gasteiger partial charge in [0.1, 0.15) is 5.82 Å². The average Bonchev–Trinajstić information content (AvgIpc) is 2.74. The lowest BCUT2D eigenvalue weighted by Crippen LogP contribution is -2.54. The molecule has 29 heavy (non-hydrogen) atoms. The van der Waals surface area contributed by atoms with E-state index in [4.69, 9.17) is 0 Å². The van der Waals surface area contributed by atoms with E-state index in [2.05, 4.69) is 32.1 Å². The first-order valence-corrected chi connectivity index (χ1v) is 10.2. The first kappa shape index (κ1) is 21.3. The zero-order chi connectivity index (χ0) is 20.8. The molecule has 0 spiro atoms. The van der Waals surface area contributed by atoms with Crippen LogP contribution in [0.4, 0.5) is 10.1 Å². The number of piperazine rings is 1. The van der Waals surface area contributed by atoms with Crippen molar-refractivity contribution in [2.75, 3.05) is 51.7 Å². The van der Waals surface area contributed by atoms with Crippen LogP contribution in [0.15, 0.2) is 54.6 Å².